The van der Waals surface area contributed by atoms with Crippen LogP contribution < -0.4 is 4.90 Å². The lowest BCUT2D eigenvalue weighted by Crippen LogP contribution is -2.27. The zero-order valence-corrected chi connectivity index (χ0v) is 16.8. The van der Waals surface area contributed by atoms with E-state index in [2.05, 4.69) is 34.2 Å². The Balaban J connectivity index is 1.75. The monoisotopic (exact) mass is 402 g/mol. The van der Waals surface area contributed by atoms with Gasteiger partial charge >= 0.3 is 5.97 Å². The highest BCUT2D eigenvalue weighted by Crippen LogP contribution is 2.38. The molecule has 3 heterocycles. The third-order valence-corrected chi connectivity index (χ3v) is 5.89. The molecule has 1 aliphatic rings. The van der Waals surface area contributed by atoms with E-state index in [1.807, 2.05) is 12.1 Å². The van der Waals surface area contributed by atoms with Gasteiger partial charge in [0.1, 0.15) is 11.3 Å². The molecule has 0 saturated carbocycles. The molecule has 152 valence electrons. The van der Waals surface area contributed by atoms with Crippen molar-refractivity contribution in [1.29, 1.82) is 0 Å². The fourth-order valence-electron chi connectivity index (χ4n) is 4.29. The van der Waals surface area contributed by atoms with Gasteiger partial charge in [-0.3, -0.25) is 5.10 Å². The van der Waals surface area contributed by atoms with E-state index < -0.39 is 5.97 Å². The number of phenols is 1. The highest BCUT2D eigenvalue weighted by molar-refractivity contribution is 6.00. The number of hydrogen-bond acceptors (Lipinski definition) is 6. The number of hydrogen-bond donors (Lipinski definition) is 2. The van der Waals surface area contributed by atoms with Crippen molar-refractivity contribution in [3.63, 3.8) is 0 Å². The Morgan fingerprint density at radius 2 is 2.10 bits per heavy atom. The fourth-order valence-corrected chi connectivity index (χ4v) is 4.29. The first kappa shape index (κ1) is 18.4. The van der Waals surface area contributed by atoms with Crippen LogP contribution in [-0.4, -0.2) is 46.0 Å². The van der Waals surface area contributed by atoms with E-state index in [4.69, 9.17) is 9.72 Å². The molecule has 0 aliphatic carbocycles. The molecule has 30 heavy (non-hydrogen) atoms. The number of ether oxygens (including phenoxy) is 1. The molecule has 4 aromatic rings. The second kappa shape index (κ2) is 7.02. The zero-order valence-electron chi connectivity index (χ0n) is 16.8. The summed E-state index contributed by atoms with van der Waals surface area (Å²) in [6.07, 6.45) is 4.05. The van der Waals surface area contributed by atoms with Crippen molar-refractivity contribution in [2.75, 3.05) is 18.6 Å². The molecule has 2 N–H and O–H groups in total. The lowest BCUT2D eigenvalue weighted by molar-refractivity contribution is 0.0597. The van der Waals surface area contributed by atoms with Crippen LogP contribution in [0.1, 0.15) is 30.1 Å². The quantitative estimate of drug-likeness (QED) is 0.498. The number of pyridine rings is 1. The Bertz CT molecular complexity index is 1280. The Kier molecular flexibility index (Phi) is 4.31. The number of nitrogens with one attached hydrogen (secondary N) is 1. The number of nitrogens with zero attached hydrogens (tertiary/aromatic N) is 3. The number of aromatic hydroxyl groups is 1. The summed E-state index contributed by atoms with van der Waals surface area (Å²) in [5.41, 5.74) is 4.59. The molecular weight excluding hydrogens is 380 g/mol. The molecule has 7 nitrogen and oxygen atoms in total. The van der Waals surface area contributed by atoms with Gasteiger partial charge in [0.2, 0.25) is 0 Å². The van der Waals surface area contributed by atoms with Crippen molar-refractivity contribution in [1.82, 2.24) is 15.2 Å². The molecule has 5 rings (SSSR count). The summed E-state index contributed by atoms with van der Waals surface area (Å²) in [4.78, 5) is 19.3. The van der Waals surface area contributed by atoms with E-state index in [9.17, 15) is 9.90 Å². The van der Waals surface area contributed by atoms with Crippen LogP contribution in [0.3, 0.4) is 0 Å². The van der Waals surface area contributed by atoms with Gasteiger partial charge in [-0.15, -0.1) is 0 Å². The summed E-state index contributed by atoms with van der Waals surface area (Å²) in [6, 6.07) is 11.7. The molecular formula is C23H22N4O3. The van der Waals surface area contributed by atoms with Crippen LogP contribution in [0.5, 0.6) is 5.75 Å². The van der Waals surface area contributed by atoms with Crippen LogP contribution in [0.4, 0.5) is 5.69 Å². The summed E-state index contributed by atoms with van der Waals surface area (Å²) in [5, 5.41) is 19.2. The lowest BCUT2D eigenvalue weighted by atomic mass is 10.0. The fraction of sp³-hybridized carbons (Fsp3) is 0.261. The number of esters is 1. The average molecular weight is 402 g/mol. The molecule has 1 atom stereocenters. The maximum absolute atomic E-state index is 12.0. The molecule has 2 aromatic carbocycles. The average Bonchev–Trinajstić information content (AvgIpc) is 3.39. The molecule has 1 aliphatic heterocycles. The van der Waals surface area contributed by atoms with E-state index in [0.717, 1.165) is 52.6 Å². The predicted molar refractivity (Wildman–Crippen MR) is 116 cm³/mol. The summed E-state index contributed by atoms with van der Waals surface area (Å²) in [6.45, 7) is 3.17. The first-order valence-electron chi connectivity index (χ1n) is 10.0. The Hall–Kier alpha value is -3.61. The van der Waals surface area contributed by atoms with E-state index in [0.29, 0.717) is 11.6 Å². The van der Waals surface area contributed by atoms with Gasteiger partial charge < -0.3 is 14.7 Å². The van der Waals surface area contributed by atoms with Crippen LogP contribution in [0.15, 0.2) is 42.6 Å². The molecule has 0 spiro atoms. The number of carbonyl (C=O) groups is 1. The van der Waals surface area contributed by atoms with Gasteiger partial charge in [0.05, 0.1) is 35.7 Å². The summed E-state index contributed by atoms with van der Waals surface area (Å²) in [7, 11) is 1.30. The molecule has 2 aromatic heterocycles. The van der Waals surface area contributed by atoms with Crippen LogP contribution >= 0.6 is 0 Å². The van der Waals surface area contributed by atoms with Crippen LogP contribution in [0, 0.1) is 0 Å². The van der Waals surface area contributed by atoms with E-state index in [-0.39, 0.29) is 11.3 Å². The SMILES string of the molecule is COC(=O)c1cc2cc(N3CCC[C@@H]3C)c(-c3ccc4[nH]ncc4c3)nc2cc1O. The van der Waals surface area contributed by atoms with Gasteiger partial charge in [-0.05, 0) is 44.0 Å². The number of methoxy groups -OCH3 is 1. The number of H-pyrrole nitrogens is 1. The first-order valence-corrected chi connectivity index (χ1v) is 10.0. The maximum Gasteiger partial charge on any atom is 0.341 e. The Morgan fingerprint density at radius 1 is 1.23 bits per heavy atom. The zero-order chi connectivity index (χ0) is 20.8. The molecule has 1 saturated heterocycles. The summed E-state index contributed by atoms with van der Waals surface area (Å²) < 4.78 is 4.80. The highest BCUT2D eigenvalue weighted by atomic mass is 16.5. The van der Waals surface area contributed by atoms with Crippen molar-refractivity contribution < 1.29 is 14.6 Å². The van der Waals surface area contributed by atoms with Crippen molar-refractivity contribution in [3.05, 3.63) is 48.2 Å². The van der Waals surface area contributed by atoms with Gasteiger partial charge in [0, 0.05) is 35.0 Å². The first-order chi connectivity index (χ1) is 14.5. The standard InChI is InChI=1S/C23H22N4O3/c1-13-4-3-7-27(13)20-10-15-9-17(23(29)30-2)21(28)11-19(15)25-22(20)14-5-6-18-16(8-14)12-24-26-18/h5-6,8-13,28H,3-4,7H2,1-2H3,(H,24,26)/t13-/m0/s1. The number of benzene rings is 2. The molecule has 7 heteroatoms. The van der Waals surface area contributed by atoms with E-state index in [1.54, 1.807) is 12.3 Å². The number of aromatic amines is 1. The number of aromatic nitrogens is 3. The largest absolute Gasteiger partial charge is 0.507 e. The van der Waals surface area contributed by atoms with Crippen molar-refractivity contribution in [3.8, 4) is 17.0 Å². The highest BCUT2D eigenvalue weighted by Gasteiger charge is 2.25. The Labute approximate surface area is 173 Å². The van der Waals surface area contributed by atoms with Crippen molar-refractivity contribution in [2.45, 2.75) is 25.8 Å². The minimum absolute atomic E-state index is 0.139. The van der Waals surface area contributed by atoms with Crippen molar-refractivity contribution >= 4 is 33.5 Å². The normalized spacial score (nSPS) is 16.5. The van der Waals surface area contributed by atoms with Crippen LogP contribution in [0.25, 0.3) is 33.1 Å². The van der Waals surface area contributed by atoms with E-state index in [1.165, 1.54) is 13.2 Å². The van der Waals surface area contributed by atoms with Crippen molar-refractivity contribution in [2.24, 2.45) is 0 Å². The minimum atomic E-state index is -0.569. The predicted octanol–water partition coefficient (Wildman–Crippen LogP) is 4.26. The van der Waals surface area contributed by atoms with Gasteiger partial charge in [0.25, 0.3) is 0 Å². The van der Waals surface area contributed by atoms with Crippen LogP contribution in [-0.2, 0) is 4.74 Å². The van der Waals surface area contributed by atoms with E-state index >= 15 is 0 Å². The van der Waals surface area contributed by atoms with Crippen LogP contribution in [0.2, 0.25) is 0 Å². The number of carbonyl (C=O) groups excluding carboxylic acids is 1. The van der Waals surface area contributed by atoms with Gasteiger partial charge in [-0.2, -0.15) is 5.10 Å². The summed E-state index contributed by atoms with van der Waals surface area (Å²) >= 11 is 0. The molecule has 0 radical (unpaired) electrons. The second-order valence-electron chi connectivity index (χ2n) is 7.77. The number of fused-ring (bicyclic) bond motifs is 2. The molecule has 0 amide bonds. The number of phenolic OH excluding ortho intramolecular Hbond substituents is 1. The lowest BCUT2D eigenvalue weighted by Gasteiger charge is -2.26. The third kappa shape index (κ3) is 2.94. The molecule has 0 unspecified atom stereocenters. The topological polar surface area (TPSA) is 91.3 Å². The second-order valence-corrected chi connectivity index (χ2v) is 7.77. The van der Waals surface area contributed by atoms with Gasteiger partial charge in [-0.1, -0.05) is 6.07 Å². The Morgan fingerprint density at radius 3 is 2.87 bits per heavy atom. The van der Waals surface area contributed by atoms with Gasteiger partial charge in [-0.25, -0.2) is 9.78 Å². The number of rotatable bonds is 3. The smallest absolute Gasteiger partial charge is 0.341 e. The summed E-state index contributed by atoms with van der Waals surface area (Å²) in [5.74, 6) is -0.708. The molecule has 1 fully saturated rings. The third-order valence-electron chi connectivity index (χ3n) is 5.89. The minimum Gasteiger partial charge on any atom is -0.507 e. The van der Waals surface area contributed by atoms with Gasteiger partial charge in [0.15, 0.2) is 0 Å². The number of anilines is 1. The molecule has 0 bridgehead atoms. The maximum atomic E-state index is 12.0.